The van der Waals surface area contributed by atoms with E-state index in [1.54, 1.807) is 11.3 Å². The first-order chi connectivity index (χ1) is 10.5. The van der Waals surface area contributed by atoms with Crippen LogP contribution in [-0.4, -0.2) is 21.5 Å². The molecule has 0 atom stereocenters. The number of ketones is 1. The van der Waals surface area contributed by atoms with Crippen molar-refractivity contribution in [1.29, 1.82) is 0 Å². The number of Topliss-reactive ketones (excluding diaryl/α,β-unsaturated/α-hetero) is 1. The maximum atomic E-state index is 12.4. The molecule has 0 aliphatic heterocycles. The van der Waals surface area contributed by atoms with Gasteiger partial charge in [0.25, 0.3) is 0 Å². The normalized spacial score (nSPS) is 11.0. The van der Waals surface area contributed by atoms with Gasteiger partial charge in [-0.2, -0.15) is 0 Å². The van der Waals surface area contributed by atoms with Gasteiger partial charge in [0.2, 0.25) is 0 Å². The van der Waals surface area contributed by atoms with Crippen LogP contribution in [0.25, 0.3) is 10.9 Å². The Bertz CT molecular complexity index is 855. The van der Waals surface area contributed by atoms with Crippen molar-refractivity contribution in [3.8, 4) is 0 Å². The molecule has 0 aliphatic carbocycles. The van der Waals surface area contributed by atoms with Crippen molar-refractivity contribution in [2.24, 2.45) is 0 Å². The SMILES string of the molecule is Cc1nc(SCC(=O)c2cc(C)sc2C)c2ccccc2n1. The summed E-state index contributed by atoms with van der Waals surface area (Å²) in [7, 11) is 0. The highest BCUT2D eigenvalue weighted by Gasteiger charge is 2.14. The van der Waals surface area contributed by atoms with Crippen molar-refractivity contribution in [3.05, 3.63) is 51.5 Å². The average Bonchev–Trinajstić information content (AvgIpc) is 2.83. The highest BCUT2D eigenvalue weighted by molar-refractivity contribution is 8.00. The Morgan fingerprint density at radius 1 is 1.18 bits per heavy atom. The molecule has 0 fully saturated rings. The summed E-state index contributed by atoms with van der Waals surface area (Å²) in [5, 5.41) is 1.88. The third-order valence-electron chi connectivity index (χ3n) is 3.36. The number of benzene rings is 1. The van der Waals surface area contributed by atoms with Crippen molar-refractivity contribution in [2.75, 3.05) is 5.75 Å². The lowest BCUT2D eigenvalue weighted by molar-refractivity contribution is 0.102. The van der Waals surface area contributed by atoms with Crippen LogP contribution >= 0.6 is 23.1 Å². The van der Waals surface area contributed by atoms with Crippen molar-refractivity contribution in [3.63, 3.8) is 0 Å². The molecule has 2 aromatic heterocycles. The van der Waals surface area contributed by atoms with Crippen LogP contribution in [0, 0.1) is 20.8 Å². The summed E-state index contributed by atoms with van der Waals surface area (Å²) in [5.41, 5.74) is 1.76. The van der Waals surface area contributed by atoms with Crippen LogP contribution < -0.4 is 0 Å². The molecule has 5 heteroatoms. The van der Waals surface area contributed by atoms with Gasteiger partial charge in [0.05, 0.1) is 11.3 Å². The Kier molecular flexibility index (Phi) is 4.27. The minimum Gasteiger partial charge on any atom is -0.293 e. The van der Waals surface area contributed by atoms with Crippen molar-refractivity contribution in [1.82, 2.24) is 9.97 Å². The molecular weight excluding hydrogens is 312 g/mol. The molecule has 0 unspecified atom stereocenters. The van der Waals surface area contributed by atoms with Gasteiger partial charge in [-0.05, 0) is 32.9 Å². The quantitative estimate of drug-likeness (QED) is 0.399. The Labute approximate surface area is 137 Å². The van der Waals surface area contributed by atoms with E-state index < -0.39 is 0 Å². The summed E-state index contributed by atoms with van der Waals surface area (Å²) in [6.45, 7) is 5.91. The van der Waals surface area contributed by atoms with Gasteiger partial charge >= 0.3 is 0 Å². The standard InChI is InChI=1S/C17H16N2OS2/c1-10-8-14(11(2)22-10)16(20)9-21-17-13-6-4-5-7-15(13)18-12(3)19-17/h4-8H,9H2,1-3H3. The molecule has 22 heavy (non-hydrogen) atoms. The zero-order valence-corrected chi connectivity index (χ0v) is 14.3. The predicted molar refractivity (Wildman–Crippen MR) is 93.1 cm³/mol. The number of thiophene rings is 1. The van der Waals surface area contributed by atoms with Crippen molar-refractivity contribution >= 4 is 39.8 Å². The maximum Gasteiger partial charge on any atom is 0.174 e. The van der Waals surface area contributed by atoms with E-state index in [0.717, 1.165) is 32.2 Å². The third-order valence-corrected chi connectivity index (χ3v) is 5.32. The molecule has 0 bridgehead atoms. The van der Waals surface area contributed by atoms with E-state index in [4.69, 9.17) is 0 Å². The Balaban J connectivity index is 1.85. The number of rotatable bonds is 4. The first kappa shape index (κ1) is 15.2. The van der Waals surface area contributed by atoms with Crippen LogP contribution in [0.4, 0.5) is 0 Å². The highest BCUT2D eigenvalue weighted by atomic mass is 32.2. The number of hydrogen-bond donors (Lipinski definition) is 0. The number of carbonyl (C=O) groups is 1. The lowest BCUT2D eigenvalue weighted by Gasteiger charge is -2.06. The predicted octanol–water partition coefficient (Wildman–Crippen LogP) is 4.59. The van der Waals surface area contributed by atoms with Crippen LogP contribution in [-0.2, 0) is 0 Å². The van der Waals surface area contributed by atoms with Crippen molar-refractivity contribution in [2.45, 2.75) is 25.8 Å². The molecule has 0 saturated heterocycles. The van der Waals surface area contributed by atoms with E-state index >= 15 is 0 Å². The molecule has 0 saturated carbocycles. The Hall–Kier alpha value is -1.72. The number of para-hydroxylation sites is 1. The number of nitrogens with zero attached hydrogens (tertiary/aromatic N) is 2. The van der Waals surface area contributed by atoms with Gasteiger partial charge in [0.15, 0.2) is 5.78 Å². The minimum absolute atomic E-state index is 0.159. The molecule has 112 valence electrons. The van der Waals surface area contributed by atoms with Crippen LogP contribution in [0.5, 0.6) is 0 Å². The molecule has 3 nitrogen and oxygen atoms in total. The van der Waals surface area contributed by atoms with E-state index in [2.05, 4.69) is 9.97 Å². The molecule has 3 aromatic rings. The summed E-state index contributed by atoms with van der Waals surface area (Å²) in [6.07, 6.45) is 0. The first-order valence-corrected chi connectivity index (χ1v) is 8.81. The van der Waals surface area contributed by atoms with Gasteiger partial charge in [-0.15, -0.1) is 11.3 Å². The van der Waals surface area contributed by atoms with Crippen LogP contribution in [0.2, 0.25) is 0 Å². The topological polar surface area (TPSA) is 42.9 Å². The molecule has 0 N–H and O–H groups in total. The van der Waals surface area contributed by atoms with Crippen LogP contribution in [0.3, 0.4) is 0 Å². The first-order valence-electron chi connectivity index (χ1n) is 7.01. The number of thioether (sulfide) groups is 1. The van der Waals surface area contributed by atoms with Crippen LogP contribution in [0.1, 0.15) is 25.9 Å². The lowest BCUT2D eigenvalue weighted by Crippen LogP contribution is -2.03. The minimum atomic E-state index is 0.159. The molecule has 0 amide bonds. The summed E-state index contributed by atoms with van der Waals surface area (Å²) in [5.74, 6) is 1.29. The van der Waals surface area contributed by atoms with E-state index in [9.17, 15) is 4.79 Å². The van der Waals surface area contributed by atoms with Gasteiger partial charge in [-0.25, -0.2) is 9.97 Å². The van der Waals surface area contributed by atoms with Gasteiger partial charge in [-0.1, -0.05) is 30.0 Å². The second kappa shape index (κ2) is 6.18. The molecule has 0 radical (unpaired) electrons. The van der Waals surface area contributed by atoms with Gasteiger partial charge < -0.3 is 0 Å². The zero-order chi connectivity index (χ0) is 15.7. The lowest BCUT2D eigenvalue weighted by atomic mass is 10.2. The molecule has 3 rings (SSSR count). The Morgan fingerprint density at radius 3 is 2.68 bits per heavy atom. The molecule has 1 aromatic carbocycles. The fourth-order valence-electron chi connectivity index (χ4n) is 2.39. The zero-order valence-electron chi connectivity index (χ0n) is 12.7. The number of aryl methyl sites for hydroxylation is 3. The fourth-order valence-corrected chi connectivity index (χ4v) is 4.28. The average molecular weight is 328 g/mol. The summed E-state index contributed by atoms with van der Waals surface area (Å²) >= 11 is 3.16. The van der Waals surface area contributed by atoms with Gasteiger partial charge in [0, 0.05) is 20.7 Å². The monoisotopic (exact) mass is 328 g/mol. The van der Waals surface area contributed by atoms with E-state index in [0.29, 0.717) is 5.75 Å². The van der Waals surface area contributed by atoms with E-state index in [1.165, 1.54) is 16.6 Å². The number of fused-ring (bicyclic) bond motifs is 1. The molecule has 2 heterocycles. The summed E-state index contributed by atoms with van der Waals surface area (Å²) in [4.78, 5) is 23.6. The van der Waals surface area contributed by atoms with Gasteiger partial charge in [-0.3, -0.25) is 4.79 Å². The van der Waals surface area contributed by atoms with Gasteiger partial charge in [0.1, 0.15) is 10.9 Å². The summed E-state index contributed by atoms with van der Waals surface area (Å²) < 4.78 is 0. The van der Waals surface area contributed by atoms with Crippen LogP contribution in [0.15, 0.2) is 35.4 Å². The number of hydrogen-bond acceptors (Lipinski definition) is 5. The summed E-state index contributed by atoms with van der Waals surface area (Å²) in [6, 6.07) is 9.89. The Morgan fingerprint density at radius 2 is 1.95 bits per heavy atom. The second-order valence-corrected chi connectivity index (χ2v) is 7.56. The fraction of sp³-hybridized carbons (Fsp3) is 0.235. The third kappa shape index (κ3) is 3.05. The highest BCUT2D eigenvalue weighted by Crippen LogP contribution is 2.27. The molecule has 0 aliphatic rings. The number of carbonyl (C=O) groups excluding carboxylic acids is 1. The smallest absolute Gasteiger partial charge is 0.174 e. The maximum absolute atomic E-state index is 12.4. The number of aromatic nitrogens is 2. The largest absolute Gasteiger partial charge is 0.293 e. The molecular formula is C17H16N2OS2. The molecule has 0 spiro atoms. The van der Waals surface area contributed by atoms with Crippen molar-refractivity contribution < 1.29 is 4.79 Å². The van der Waals surface area contributed by atoms with E-state index in [-0.39, 0.29) is 5.78 Å². The van der Waals surface area contributed by atoms with E-state index in [1.807, 2.05) is 51.1 Å². The second-order valence-electron chi connectivity index (χ2n) is 5.13.